The number of benzene rings is 1. The largest absolute Gasteiger partial charge is 0.481 e. The first-order valence-corrected chi connectivity index (χ1v) is 10.3. The van der Waals surface area contributed by atoms with Crippen molar-refractivity contribution in [2.45, 2.75) is 56.8 Å². The van der Waals surface area contributed by atoms with E-state index in [0.717, 1.165) is 18.4 Å². The molecule has 0 bridgehead atoms. The van der Waals surface area contributed by atoms with Crippen LogP contribution in [0.3, 0.4) is 0 Å². The van der Waals surface area contributed by atoms with E-state index < -0.39 is 5.97 Å². The van der Waals surface area contributed by atoms with Crippen molar-refractivity contribution in [3.05, 3.63) is 52.6 Å². The molecule has 0 atom stereocenters. The molecule has 140 valence electrons. The van der Waals surface area contributed by atoms with Crippen molar-refractivity contribution < 1.29 is 9.90 Å². The highest BCUT2D eigenvalue weighted by molar-refractivity contribution is 7.99. The number of hydrogen-bond acceptors (Lipinski definition) is 4. The average molecular weight is 381 g/mol. The van der Waals surface area contributed by atoms with Crippen molar-refractivity contribution in [3.8, 4) is 11.8 Å². The number of rotatable bonds is 4. The highest BCUT2D eigenvalue weighted by Crippen LogP contribution is 2.46. The molecule has 1 aromatic carbocycles. The fourth-order valence-corrected chi connectivity index (χ4v) is 5.01. The van der Waals surface area contributed by atoms with Crippen LogP contribution in [0.1, 0.15) is 61.2 Å². The van der Waals surface area contributed by atoms with E-state index in [1.54, 1.807) is 12.4 Å². The fraction of sp³-hybridized carbons (Fsp3) is 0.409. The maximum absolute atomic E-state index is 10.7. The molecule has 0 radical (unpaired) electrons. The van der Waals surface area contributed by atoms with Gasteiger partial charge in [-0.15, -0.1) is 11.8 Å². The molecular formula is C22H24N2O2S. The molecule has 2 heterocycles. The Kier molecular flexibility index (Phi) is 5.86. The zero-order chi connectivity index (χ0) is 19.4. The molecule has 3 rings (SSSR count). The van der Waals surface area contributed by atoms with Gasteiger partial charge in [-0.1, -0.05) is 25.7 Å². The van der Waals surface area contributed by atoms with Crippen LogP contribution in [0.5, 0.6) is 0 Å². The van der Waals surface area contributed by atoms with Crippen LogP contribution in [-0.2, 0) is 16.6 Å². The summed E-state index contributed by atoms with van der Waals surface area (Å²) in [4.78, 5) is 20.3. The third-order valence-electron chi connectivity index (χ3n) is 5.45. The predicted molar refractivity (Wildman–Crippen MR) is 108 cm³/mol. The second-order valence-electron chi connectivity index (χ2n) is 6.96. The van der Waals surface area contributed by atoms with Gasteiger partial charge in [0.2, 0.25) is 0 Å². The third-order valence-corrected chi connectivity index (χ3v) is 6.50. The number of carbonyl (C=O) groups is 1. The quantitative estimate of drug-likeness (QED) is 0.798. The summed E-state index contributed by atoms with van der Waals surface area (Å²) in [7, 11) is 0. The predicted octanol–water partition coefficient (Wildman–Crippen LogP) is 4.37. The second-order valence-corrected chi connectivity index (χ2v) is 8.09. The van der Waals surface area contributed by atoms with E-state index in [9.17, 15) is 4.79 Å². The molecule has 1 N–H and O–H groups in total. The van der Waals surface area contributed by atoms with Crippen LogP contribution in [-0.4, -0.2) is 26.8 Å². The molecule has 2 aromatic rings. The van der Waals surface area contributed by atoms with Gasteiger partial charge in [0.15, 0.2) is 0 Å². The Bertz CT molecular complexity index is 906. The molecule has 0 spiro atoms. The summed E-state index contributed by atoms with van der Waals surface area (Å²) in [6.45, 7) is 6.67. The standard InChI is InChI=1S/C22H24N2O2S/c1-4-22(5-2)8-9-27-19-10-15(3)17(11-18(19)22)7-6-16-13-23-20(24-14-16)12-21(25)26/h10-11,13-14H,4-5,8-9,12H2,1-3H3,(H,25,26). The van der Waals surface area contributed by atoms with Crippen LogP contribution < -0.4 is 0 Å². The Labute approximate surface area is 164 Å². The maximum Gasteiger partial charge on any atom is 0.311 e. The van der Waals surface area contributed by atoms with Gasteiger partial charge in [0.25, 0.3) is 0 Å². The number of fused-ring (bicyclic) bond motifs is 1. The van der Waals surface area contributed by atoms with E-state index in [-0.39, 0.29) is 11.8 Å². The minimum absolute atomic E-state index is 0.175. The Balaban J connectivity index is 1.93. The minimum atomic E-state index is -0.938. The van der Waals surface area contributed by atoms with Gasteiger partial charge >= 0.3 is 5.97 Å². The first kappa shape index (κ1) is 19.4. The van der Waals surface area contributed by atoms with Crippen molar-refractivity contribution in [1.29, 1.82) is 0 Å². The van der Waals surface area contributed by atoms with Crippen LogP contribution in [0.25, 0.3) is 0 Å². The first-order chi connectivity index (χ1) is 13.0. The van der Waals surface area contributed by atoms with Crippen LogP contribution >= 0.6 is 11.8 Å². The van der Waals surface area contributed by atoms with Gasteiger partial charge in [0.05, 0.1) is 5.56 Å². The van der Waals surface area contributed by atoms with Crippen molar-refractivity contribution in [2.24, 2.45) is 0 Å². The summed E-state index contributed by atoms with van der Waals surface area (Å²) >= 11 is 1.95. The lowest BCUT2D eigenvalue weighted by molar-refractivity contribution is -0.136. The molecular weight excluding hydrogens is 356 g/mol. The minimum Gasteiger partial charge on any atom is -0.481 e. The van der Waals surface area contributed by atoms with Gasteiger partial charge in [0, 0.05) is 22.9 Å². The van der Waals surface area contributed by atoms with E-state index in [4.69, 9.17) is 5.11 Å². The highest BCUT2D eigenvalue weighted by Gasteiger charge is 2.34. The van der Waals surface area contributed by atoms with Crippen molar-refractivity contribution in [2.75, 3.05) is 5.75 Å². The summed E-state index contributed by atoms with van der Waals surface area (Å²) in [5.74, 6) is 6.93. The van der Waals surface area contributed by atoms with Crippen LogP contribution in [0, 0.1) is 18.8 Å². The van der Waals surface area contributed by atoms with Crippen LogP contribution in [0.15, 0.2) is 29.4 Å². The molecule has 1 aliphatic rings. The highest BCUT2D eigenvalue weighted by atomic mass is 32.2. The number of thioether (sulfide) groups is 1. The lowest BCUT2D eigenvalue weighted by Crippen LogP contribution is -2.29. The zero-order valence-corrected chi connectivity index (χ0v) is 16.8. The number of aliphatic carboxylic acids is 1. The summed E-state index contributed by atoms with van der Waals surface area (Å²) in [6, 6.07) is 4.55. The van der Waals surface area contributed by atoms with Gasteiger partial charge in [-0.2, -0.15) is 0 Å². The third kappa shape index (κ3) is 4.17. The molecule has 4 nitrogen and oxygen atoms in total. The lowest BCUT2D eigenvalue weighted by atomic mass is 9.73. The molecule has 0 unspecified atom stereocenters. The van der Waals surface area contributed by atoms with Crippen LogP contribution in [0.4, 0.5) is 0 Å². The first-order valence-electron chi connectivity index (χ1n) is 9.30. The zero-order valence-electron chi connectivity index (χ0n) is 16.0. The second kappa shape index (κ2) is 8.14. The van der Waals surface area contributed by atoms with Gasteiger partial charge in [-0.3, -0.25) is 4.79 Å². The van der Waals surface area contributed by atoms with Crippen molar-refractivity contribution in [1.82, 2.24) is 9.97 Å². The van der Waals surface area contributed by atoms with E-state index in [1.807, 2.05) is 11.8 Å². The molecule has 1 aromatic heterocycles. The number of aryl methyl sites for hydroxylation is 1. The average Bonchev–Trinajstić information content (AvgIpc) is 2.66. The van der Waals surface area contributed by atoms with E-state index in [2.05, 4.69) is 54.7 Å². The Morgan fingerprint density at radius 2 is 1.93 bits per heavy atom. The normalized spacial score (nSPS) is 14.8. The lowest BCUT2D eigenvalue weighted by Gasteiger charge is -2.38. The molecule has 0 saturated carbocycles. The van der Waals surface area contributed by atoms with Crippen LogP contribution in [0.2, 0.25) is 0 Å². The summed E-state index contributed by atoms with van der Waals surface area (Å²) in [5, 5.41) is 8.79. The molecule has 5 heteroatoms. The fourth-order valence-electron chi connectivity index (χ4n) is 3.61. The molecule has 1 aliphatic heterocycles. The molecule has 0 saturated heterocycles. The Morgan fingerprint density at radius 1 is 1.22 bits per heavy atom. The van der Waals surface area contributed by atoms with Gasteiger partial charge in [-0.05, 0) is 60.6 Å². The Hall–Kier alpha value is -2.32. The topological polar surface area (TPSA) is 63.1 Å². The van der Waals surface area contributed by atoms with E-state index in [1.165, 1.54) is 28.2 Å². The molecule has 0 fully saturated rings. The number of carboxylic acids is 1. The van der Waals surface area contributed by atoms with Gasteiger partial charge in [-0.25, -0.2) is 9.97 Å². The van der Waals surface area contributed by atoms with E-state index >= 15 is 0 Å². The number of aromatic nitrogens is 2. The molecule has 27 heavy (non-hydrogen) atoms. The SMILES string of the molecule is CCC1(CC)CCSc2cc(C)c(C#Cc3cnc(CC(=O)O)nc3)cc21. The van der Waals surface area contributed by atoms with Crippen molar-refractivity contribution >= 4 is 17.7 Å². The summed E-state index contributed by atoms with van der Waals surface area (Å²) in [6.07, 6.45) is 6.50. The Morgan fingerprint density at radius 3 is 2.56 bits per heavy atom. The number of carboxylic acid groups (broad SMARTS) is 1. The van der Waals surface area contributed by atoms with E-state index in [0.29, 0.717) is 11.4 Å². The smallest absolute Gasteiger partial charge is 0.311 e. The molecule has 0 aliphatic carbocycles. The molecule has 0 amide bonds. The van der Waals surface area contributed by atoms with Gasteiger partial charge in [0.1, 0.15) is 12.2 Å². The van der Waals surface area contributed by atoms with Crippen molar-refractivity contribution in [3.63, 3.8) is 0 Å². The monoisotopic (exact) mass is 380 g/mol. The number of nitrogens with zero attached hydrogens (tertiary/aromatic N) is 2. The maximum atomic E-state index is 10.7. The number of hydrogen-bond donors (Lipinski definition) is 1. The summed E-state index contributed by atoms with van der Waals surface area (Å²) in [5.41, 5.74) is 4.60. The summed E-state index contributed by atoms with van der Waals surface area (Å²) < 4.78 is 0. The van der Waals surface area contributed by atoms with Gasteiger partial charge < -0.3 is 5.11 Å².